The summed E-state index contributed by atoms with van der Waals surface area (Å²) in [5, 5.41) is 0. The summed E-state index contributed by atoms with van der Waals surface area (Å²) in [6, 6.07) is 0. The van der Waals surface area contributed by atoms with Crippen molar-refractivity contribution in [2.75, 3.05) is 5.73 Å². The molecule has 1 aromatic heterocycles. The molecule has 0 aromatic carbocycles. The van der Waals surface area contributed by atoms with Gasteiger partial charge in [0.25, 0.3) is 0 Å². The van der Waals surface area contributed by atoms with E-state index in [0.717, 1.165) is 12.1 Å². The molecule has 0 atom stereocenters. The molecule has 0 amide bonds. The van der Waals surface area contributed by atoms with Gasteiger partial charge in [0.05, 0.1) is 18.1 Å². The normalized spacial score (nSPS) is 22.0. The van der Waals surface area contributed by atoms with Crippen molar-refractivity contribution in [2.45, 2.75) is 40.5 Å². The van der Waals surface area contributed by atoms with Crippen molar-refractivity contribution < 1.29 is 0 Å². The highest BCUT2D eigenvalue weighted by Crippen LogP contribution is 2.46. The predicted molar refractivity (Wildman–Crippen MR) is 71.2 cm³/mol. The number of nitrogen functional groups attached to an aromatic ring is 1. The van der Waals surface area contributed by atoms with Crippen molar-refractivity contribution in [3.63, 3.8) is 0 Å². The molecule has 0 saturated heterocycles. The summed E-state index contributed by atoms with van der Waals surface area (Å²) < 4.78 is 0. The fraction of sp³-hybridized carbons (Fsp3) is 0.571. The molecule has 0 fully saturated rings. The summed E-state index contributed by atoms with van der Waals surface area (Å²) in [4.78, 5) is 8.50. The molecule has 3 nitrogen and oxygen atoms in total. The maximum atomic E-state index is 5.57. The average Bonchev–Trinajstić information content (AvgIpc) is 2.13. The summed E-state index contributed by atoms with van der Waals surface area (Å²) in [5.74, 6) is 0.476. The fourth-order valence-corrected chi connectivity index (χ4v) is 3.05. The van der Waals surface area contributed by atoms with Crippen molar-refractivity contribution in [3.8, 4) is 0 Å². The second-order valence-electron chi connectivity index (χ2n) is 6.50. The third-order valence-electron chi connectivity index (χ3n) is 3.17. The molecule has 1 aromatic rings. The third-order valence-corrected chi connectivity index (χ3v) is 3.17. The SMILES string of the molecule is CC1(C)C=C(c2cnc(N)cn2)CC(C)(C)C1. The van der Waals surface area contributed by atoms with E-state index >= 15 is 0 Å². The predicted octanol–water partition coefficient (Wildman–Crippen LogP) is 3.29. The Morgan fingerprint density at radius 2 is 1.82 bits per heavy atom. The minimum absolute atomic E-state index is 0.222. The smallest absolute Gasteiger partial charge is 0.141 e. The van der Waals surface area contributed by atoms with Crippen LogP contribution < -0.4 is 5.73 Å². The molecule has 0 unspecified atom stereocenters. The van der Waals surface area contributed by atoms with Gasteiger partial charge in [-0.1, -0.05) is 33.8 Å². The van der Waals surface area contributed by atoms with Crippen LogP contribution in [0.3, 0.4) is 0 Å². The number of allylic oxidation sites excluding steroid dienone is 2. The highest BCUT2D eigenvalue weighted by atomic mass is 14.9. The lowest BCUT2D eigenvalue weighted by molar-refractivity contribution is 0.228. The Morgan fingerprint density at radius 1 is 1.12 bits per heavy atom. The second kappa shape index (κ2) is 3.83. The molecule has 17 heavy (non-hydrogen) atoms. The Bertz CT molecular complexity index is 441. The van der Waals surface area contributed by atoms with Gasteiger partial charge in [-0.05, 0) is 29.2 Å². The first-order chi connectivity index (χ1) is 7.77. The molecule has 2 rings (SSSR count). The Hall–Kier alpha value is -1.38. The zero-order chi connectivity index (χ0) is 12.7. The van der Waals surface area contributed by atoms with E-state index in [0.29, 0.717) is 11.2 Å². The van der Waals surface area contributed by atoms with Gasteiger partial charge in [-0.15, -0.1) is 0 Å². The van der Waals surface area contributed by atoms with Gasteiger partial charge in [-0.3, -0.25) is 4.98 Å². The highest BCUT2D eigenvalue weighted by Gasteiger charge is 2.33. The van der Waals surface area contributed by atoms with E-state index in [4.69, 9.17) is 5.73 Å². The monoisotopic (exact) mass is 231 g/mol. The van der Waals surface area contributed by atoms with Gasteiger partial charge in [-0.25, -0.2) is 4.98 Å². The van der Waals surface area contributed by atoms with Gasteiger partial charge in [-0.2, -0.15) is 0 Å². The number of hydrogen-bond acceptors (Lipinski definition) is 3. The van der Waals surface area contributed by atoms with Gasteiger partial charge in [0.1, 0.15) is 5.82 Å². The highest BCUT2D eigenvalue weighted by molar-refractivity contribution is 5.64. The lowest BCUT2D eigenvalue weighted by Crippen LogP contribution is -2.27. The molecular weight excluding hydrogens is 210 g/mol. The van der Waals surface area contributed by atoms with E-state index in [-0.39, 0.29) is 5.41 Å². The summed E-state index contributed by atoms with van der Waals surface area (Å²) in [6.07, 6.45) is 7.99. The first-order valence-electron chi connectivity index (χ1n) is 6.07. The maximum Gasteiger partial charge on any atom is 0.141 e. The third kappa shape index (κ3) is 2.84. The minimum Gasteiger partial charge on any atom is -0.382 e. The minimum atomic E-state index is 0.222. The number of nitrogens with two attached hydrogens (primary N) is 1. The number of aromatic nitrogens is 2. The largest absolute Gasteiger partial charge is 0.382 e. The van der Waals surface area contributed by atoms with Crippen molar-refractivity contribution in [1.82, 2.24) is 9.97 Å². The van der Waals surface area contributed by atoms with Crippen LogP contribution in [0.2, 0.25) is 0 Å². The lowest BCUT2D eigenvalue weighted by Gasteiger charge is -2.39. The summed E-state index contributed by atoms with van der Waals surface area (Å²) in [5.41, 5.74) is 8.36. The van der Waals surface area contributed by atoms with Gasteiger partial charge in [0.2, 0.25) is 0 Å². The lowest BCUT2D eigenvalue weighted by atomic mass is 9.66. The zero-order valence-electron chi connectivity index (χ0n) is 11.1. The molecule has 0 aliphatic heterocycles. The van der Waals surface area contributed by atoms with E-state index in [9.17, 15) is 0 Å². The molecule has 0 radical (unpaired) electrons. The number of anilines is 1. The first kappa shape index (κ1) is 12.1. The molecule has 1 aliphatic carbocycles. The standard InChI is InChI=1S/C14H21N3/c1-13(2)5-10(6-14(3,4)9-13)11-7-17-12(15)8-16-11/h5,7-8H,6,9H2,1-4H3,(H2,15,17). The van der Waals surface area contributed by atoms with E-state index in [1.165, 1.54) is 12.0 Å². The molecule has 1 heterocycles. The molecular formula is C14H21N3. The maximum absolute atomic E-state index is 5.57. The zero-order valence-corrected chi connectivity index (χ0v) is 11.1. The van der Waals surface area contributed by atoms with Crippen molar-refractivity contribution in [3.05, 3.63) is 24.2 Å². The van der Waals surface area contributed by atoms with E-state index in [2.05, 4.69) is 43.7 Å². The first-order valence-corrected chi connectivity index (χ1v) is 6.07. The number of hydrogen-bond donors (Lipinski definition) is 1. The summed E-state index contributed by atoms with van der Waals surface area (Å²) in [6.45, 7) is 9.18. The Balaban J connectivity index is 2.38. The quantitative estimate of drug-likeness (QED) is 0.807. The molecule has 3 heteroatoms. The summed E-state index contributed by atoms with van der Waals surface area (Å²) in [7, 11) is 0. The van der Waals surface area contributed by atoms with E-state index in [1.807, 2.05) is 0 Å². The Morgan fingerprint density at radius 3 is 2.35 bits per heavy atom. The molecule has 1 aliphatic rings. The number of nitrogens with zero attached hydrogens (tertiary/aromatic N) is 2. The molecule has 0 saturated carbocycles. The van der Waals surface area contributed by atoms with Crippen molar-refractivity contribution >= 4 is 11.4 Å². The van der Waals surface area contributed by atoms with Crippen LogP contribution >= 0.6 is 0 Å². The Kier molecular flexibility index (Phi) is 2.72. The topological polar surface area (TPSA) is 51.8 Å². The van der Waals surface area contributed by atoms with Gasteiger partial charge in [0.15, 0.2) is 0 Å². The van der Waals surface area contributed by atoms with Gasteiger partial charge in [0, 0.05) is 0 Å². The van der Waals surface area contributed by atoms with E-state index in [1.54, 1.807) is 12.4 Å². The molecule has 0 bridgehead atoms. The average molecular weight is 231 g/mol. The van der Waals surface area contributed by atoms with Crippen molar-refractivity contribution in [2.24, 2.45) is 10.8 Å². The molecule has 92 valence electrons. The van der Waals surface area contributed by atoms with Crippen LogP contribution in [-0.2, 0) is 0 Å². The van der Waals surface area contributed by atoms with Crippen LogP contribution in [0.25, 0.3) is 5.57 Å². The van der Waals surface area contributed by atoms with Crippen LogP contribution in [0.5, 0.6) is 0 Å². The fourth-order valence-electron chi connectivity index (χ4n) is 3.05. The molecule has 2 N–H and O–H groups in total. The Labute approximate surface area is 103 Å². The van der Waals surface area contributed by atoms with Crippen LogP contribution in [0.15, 0.2) is 18.5 Å². The number of rotatable bonds is 1. The van der Waals surface area contributed by atoms with Crippen LogP contribution in [0.1, 0.15) is 46.2 Å². The van der Waals surface area contributed by atoms with Crippen molar-refractivity contribution in [1.29, 1.82) is 0 Å². The second-order valence-corrected chi connectivity index (χ2v) is 6.50. The van der Waals surface area contributed by atoms with Crippen LogP contribution in [0, 0.1) is 10.8 Å². The van der Waals surface area contributed by atoms with Gasteiger partial charge >= 0.3 is 0 Å². The van der Waals surface area contributed by atoms with Crippen LogP contribution in [0.4, 0.5) is 5.82 Å². The van der Waals surface area contributed by atoms with Crippen LogP contribution in [-0.4, -0.2) is 9.97 Å². The van der Waals surface area contributed by atoms with E-state index < -0.39 is 0 Å². The summed E-state index contributed by atoms with van der Waals surface area (Å²) >= 11 is 0. The molecule has 0 spiro atoms. The van der Waals surface area contributed by atoms with Gasteiger partial charge < -0.3 is 5.73 Å².